The van der Waals surface area contributed by atoms with Crippen LogP contribution in [0.3, 0.4) is 0 Å². The van der Waals surface area contributed by atoms with Gasteiger partial charge in [-0.05, 0) is 34.5 Å². The van der Waals surface area contributed by atoms with Crippen LogP contribution in [0.4, 0.5) is 5.69 Å². The minimum Gasteiger partial charge on any atom is -0.347 e. The quantitative estimate of drug-likeness (QED) is 0.670. The topological polar surface area (TPSA) is 92.3 Å². The van der Waals surface area contributed by atoms with Gasteiger partial charge >= 0.3 is 0 Å². The molecule has 144 valence electrons. The van der Waals surface area contributed by atoms with Crippen LogP contribution in [0, 0.1) is 0 Å². The summed E-state index contributed by atoms with van der Waals surface area (Å²) in [6.07, 6.45) is 1.26. The van der Waals surface area contributed by atoms with Crippen molar-refractivity contribution in [1.29, 1.82) is 0 Å². The average Bonchev–Trinajstić information content (AvgIpc) is 2.66. The number of amides is 2. The number of carbonyl (C=O) groups excluding carboxylic acids is 2. The zero-order valence-electron chi connectivity index (χ0n) is 15.3. The third-order valence-electron chi connectivity index (χ3n) is 4.22. The molecule has 0 saturated heterocycles. The number of nitrogens with one attached hydrogen (secondary N) is 2. The van der Waals surface area contributed by atoms with E-state index in [1.165, 1.54) is 12.1 Å². The van der Waals surface area contributed by atoms with Crippen LogP contribution in [0.1, 0.15) is 5.56 Å². The predicted octanol–water partition coefficient (Wildman–Crippen LogP) is 2.54. The van der Waals surface area contributed by atoms with Crippen LogP contribution in [-0.2, 0) is 25.8 Å². The highest BCUT2D eigenvalue weighted by molar-refractivity contribution is 7.90. The molecule has 0 spiro atoms. The Hall–Kier alpha value is -3.19. The molecule has 0 bridgehead atoms. The second-order valence-corrected chi connectivity index (χ2v) is 8.46. The Morgan fingerprint density at radius 2 is 1.61 bits per heavy atom. The van der Waals surface area contributed by atoms with Gasteiger partial charge in [0.1, 0.15) is 0 Å². The molecule has 0 heterocycles. The summed E-state index contributed by atoms with van der Waals surface area (Å²) in [6.45, 7) is -0.202. The van der Waals surface area contributed by atoms with Gasteiger partial charge < -0.3 is 10.6 Å². The van der Waals surface area contributed by atoms with Gasteiger partial charge in [0.15, 0.2) is 9.84 Å². The van der Waals surface area contributed by atoms with Gasteiger partial charge in [-0.15, -0.1) is 0 Å². The molecule has 7 heteroatoms. The summed E-state index contributed by atoms with van der Waals surface area (Å²) in [5.74, 6) is -0.701. The molecule has 3 aromatic rings. The summed E-state index contributed by atoms with van der Waals surface area (Å²) in [6, 6.07) is 19.5. The fraction of sp³-hybridized carbons (Fsp3) is 0.143. The standard InChI is InChI=1S/C21H20N2O4S/c1-28(26,27)18-10-5-9-17(13-18)23-21(25)14-22-20(24)12-16-8-4-7-15-6-2-3-11-19(15)16/h2-11,13H,12,14H2,1H3,(H,22,24)(H,23,25). The first-order valence-corrected chi connectivity index (χ1v) is 10.6. The van der Waals surface area contributed by atoms with E-state index in [2.05, 4.69) is 10.6 Å². The lowest BCUT2D eigenvalue weighted by atomic mass is 10.0. The number of hydrogen-bond donors (Lipinski definition) is 2. The van der Waals surface area contributed by atoms with E-state index in [0.717, 1.165) is 22.6 Å². The zero-order valence-corrected chi connectivity index (χ0v) is 16.1. The van der Waals surface area contributed by atoms with Crippen molar-refractivity contribution in [2.45, 2.75) is 11.3 Å². The summed E-state index contributed by atoms with van der Waals surface area (Å²) in [5, 5.41) is 7.23. The number of fused-ring (bicyclic) bond motifs is 1. The van der Waals surface area contributed by atoms with E-state index in [9.17, 15) is 18.0 Å². The van der Waals surface area contributed by atoms with E-state index in [1.54, 1.807) is 12.1 Å². The van der Waals surface area contributed by atoms with Gasteiger partial charge in [-0.1, -0.05) is 48.5 Å². The van der Waals surface area contributed by atoms with Crippen LogP contribution >= 0.6 is 0 Å². The van der Waals surface area contributed by atoms with Gasteiger partial charge in [-0.3, -0.25) is 9.59 Å². The second kappa shape index (κ2) is 8.22. The lowest BCUT2D eigenvalue weighted by Crippen LogP contribution is -2.33. The normalized spacial score (nSPS) is 11.2. The van der Waals surface area contributed by atoms with Crippen LogP contribution in [-0.4, -0.2) is 33.0 Å². The highest BCUT2D eigenvalue weighted by atomic mass is 32.2. The van der Waals surface area contributed by atoms with E-state index >= 15 is 0 Å². The molecule has 6 nitrogen and oxygen atoms in total. The molecule has 3 aromatic carbocycles. The van der Waals surface area contributed by atoms with Crippen molar-refractivity contribution in [3.63, 3.8) is 0 Å². The molecular weight excluding hydrogens is 376 g/mol. The molecule has 0 unspecified atom stereocenters. The van der Waals surface area contributed by atoms with Crippen molar-refractivity contribution in [2.24, 2.45) is 0 Å². The van der Waals surface area contributed by atoms with Gasteiger partial charge in [-0.2, -0.15) is 0 Å². The zero-order chi connectivity index (χ0) is 20.1. The number of benzene rings is 3. The van der Waals surface area contributed by atoms with Crippen molar-refractivity contribution in [3.05, 3.63) is 72.3 Å². The molecule has 2 amide bonds. The maximum atomic E-state index is 12.2. The van der Waals surface area contributed by atoms with Gasteiger partial charge in [0, 0.05) is 11.9 Å². The first-order valence-electron chi connectivity index (χ1n) is 8.66. The predicted molar refractivity (Wildman–Crippen MR) is 109 cm³/mol. The van der Waals surface area contributed by atoms with Gasteiger partial charge in [-0.25, -0.2) is 8.42 Å². The third-order valence-corrected chi connectivity index (χ3v) is 5.33. The summed E-state index contributed by atoms with van der Waals surface area (Å²) in [4.78, 5) is 24.4. The number of rotatable bonds is 6. The van der Waals surface area contributed by atoms with E-state index < -0.39 is 15.7 Å². The first kappa shape index (κ1) is 19.6. The Morgan fingerprint density at radius 1 is 0.893 bits per heavy atom. The lowest BCUT2D eigenvalue weighted by Gasteiger charge is -2.09. The minimum atomic E-state index is -3.36. The molecule has 0 saturated carbocycles. The Morgan fingerprint density at radius 3 is 2.39 bits per heavy atom. The summed E-state index contributed by atoms with van der Waals surface area (Å²) in [7, 11) is -3.36. The number of carbonyl (C=O) groups is 2. The molecule has 0 fully saturated rings. The van der Waals surface area contributed by atoms with E-state index in [0.29, 0.717) is 5.69 Å². The average molecular weight is 396 g/mol. The van der Waals surface area contributed by atoms with Crippen molar-refractivity contribution in [1.82, 2.24) is 5.32 Å². The fourth-order valence-electron chi connectivity index (χ4n) is 2.87. The molecular formula is C21H20N2O4S. The maximum Gasteiger partial charge on any atom is 0.243 e. The summed E-state index contributed by atoms with van der Waals surface area (Å²) < 4.78 is 23.2. The number of hydrogen-bond acceptors (Lipinski definition) is 4. The van der Waals surface area contributed by atoms with Crippen LogP contribution in [0.5, 0.6) is 0 Å². The van der Waals surface area contributed by atoms with Crippen LogP contribution < -0.4 is 10.6 Å². The van der Waals surface area contributed by atoms with Gasteiger partial charge in [0.05, 0.1) is 17.9 Å². The monoisotopic (exact) mass is 396 g/mol. The molecule has 0 atom stereocenters. The third kappa shape index (κ3) is 4.95. The molecule has 2 N–H and O–H groups in total. The minimum absolute atomic E-state index is 0.116. The van der Waals surface area contributed by atoms with Gasteiger partial charge in [0.25, 0.3) is 0 Å². The Balaban J connectivity index is 1.58. The maximum absolute atomic E-state index is 12.2. The van der Waals surface area contributed by atoms with Crippen molar-refractivity contribution < 1.29 is 18.0 Å². The number of sulfone groups is 1. The summed E-state index contributed by atoms with van der Waals surface area (Å²) in [5.41, 5.74) is 1.24. The smallest absolute Gasteiger partial charge is 0.243 e. The number of anilines is 1. The SMILES string of the molecule is CS(=O)(=O)c1cccc(NC(=O)CNC(=O)Cc2cccc3ccccc23)c1. The molecule has 3 rings (SSSR count). The highest BCUT2D eigenvalue weighted by Gasteiger charge is 2.11. The molecule has 0 aromatic heterocycles. The Kier molecular flexibility index (Phi) is 5.75. The summed E-state index contributed by atoms with van der Waals surface area (Å²) >= 11 is 0. The van der Waals surface area contributed by atoms with Crippen molar-refractivity contribution in [2.75, 3.05) is 18.1 Å². The Bertz CT molecular complexity index is 1130. The molecule has 28 heavy (non-hydrogen) atoms. The first-order chi connectivity index (χ1) is 13.3. The van der Waals surface area contributed by atoms with Crippen LogP contribution in [0.2, 0.25) is 0 Å². The lowest BCUT2D eigenvalue weighted by molar-refractivity contribution is -0.123. The largest absolute Gasteiger partial charge is 0.347 e. The molecule has 0 aliphatic rings. The van der Waals surface area contributed by atoms with E-state index in [4.69, 9.17) is 0 Å². The Labute approximate surface area is 163 Å². The molecule has 0 aliphatic heterocycles. The van der Waals surface area contributed by atoms with Gasteiger partial charge in [0.2, 0.25) is 11.8 Å². The van der Waals surface area contributed by atoms with Crippen LogP contribution in [0.15, 0.2) is 71.6 Å². The van der Waals surface area contributed by atoms with Crippen molar-refractivity contribution >= 4 is 38.1 Å². The van der Waals surface area contributed by atoms with E-state index in [-0.39, 0.29) is 23.8 Å². The van der Waals surface area contributed by atoms with Crippen molar-refractivity contribution in [3.8, 4) is 0 Å². The second-order valence-electron chi connectivity index (χ2n) is 6.44. The fourth-order valence-corrected chi connectivity index (χ4v) is 3.54. The van der Waals surface area contributed by atoms with Crippen LogP contribution in [0.25, 0.3) is 10.8 Å². The highest BCUT2D eigenvalue weighted by Crippen LogP contribution is 2.19. The molecule has 0 radical (unpaired) electrons. The van der Waals surface area contributed by atoms with E-state index in [1.807, 2.05) is 42.5 Å². The molecule has 0 aliphatic carbocycles.